The molecule has 0 aliphatic carbocycles. The van der Waals surface area contributed by atoms with Crippen LogP contribution in [0, 0.1) is 0 Å². The van der Waals surface area contributed by atoms with E-state index in [2.05, 4.69) is 48.3 Å². The maximum absolute atomic E-state index is 11.4. The smallest absolute Gasteiger partial charge is 0.335 e. The molecule has 5 aromatic carbocycles. The minimum Gasteiger partial charge on any atom is -0.494 e. The first-order chi connectivity index (χ1) is 20.5. The van der Waals surface area contributed by atoms with Gasteiger partial charge in [0, 0.05) is 28.3 Å². The van der Waals surface area contributed by atoms with Gasteiger partial charge in [-0.15, -0.1) is 0 Å². The lowest BCUT2D eigenvalue weighted by Crippen LogP contribution is -2.12. The van der Waals surface area contributed by atoms with Crippen molar-refractivity contribution < 1.29 is 19.1 Å². The van der Waals surface area contributed by atoms with E-state index in [1.807, 2.05) is 73.7 Å². The van der Waals surface area contributed by atoms with Gasteiger partial charge in [-0.05, 0) is 95.9 Å². The number of carboxylic acids is 1. The molecule has 1 unspecified atom stereocenters. The van der Waals surface area contributed by atoms with Gasteiger partial charge in [0.25, 0.3) is 0 Å². The predicted octanol–water partition coefficient (Wildman–Crippen LogP) is 9.30. The fourth-order valence-electron chi connectivity index (χ4n) is 5.29. The molecule has 5 nitrogen and oxygen atoms in total. The molecule has 0 saturated carbocycles. The van der Waals surface area contributed by atoms with Gasteiger partial charge >= 0.3 is 5.97 Å². The zero-order chi connectivity index (χ0) is 29.1. The van der Waals surface area contributed by atoms with Crippen molar-refractivity contribution in [2.75, 3.05) is 11.9 Å². The second-order valence-corrected chi connectivity index (χ2v) is 10.3. The van der Waals surface area contributed by atoms with E-state index in [-0.39, 0.29) is 11.5 Å². The summed E-state index contributed by atoms with van der Waals surface area (Å²) in [5.41, 5.74) is 6.05. The first-order valence-corrected chi connectivity index (χ1v) is 14.0. The molecular weight excluding hydrogens is 522 g/mol. The van der Waals surface area contributed by atoms with Crippen molar-refractivity contribution in [1.29, 1.82) is 0 Å². The fourth-order valence-corrected chi connectivity index (χ4v) is 5.29. The second-order valence-electron chi connectivity index (χ2n) is 10.3. The predicted molar refractivity (Wildman–Crippen MR) is 169 cm³/mol. The van der Waals surface area contributed by atoms with E-state index in [9.17, 15) is 9.90 Å². The molecule has 0 radical (unpaired) electrons. The van der Waals surface area contributed by atoms with E-state index >= 15 is 0 Å². The number of anilines is 1. The monoisotopic (exact) mass is 553 g/mol. The number of benzene rings is 5. The number of furan rings is 1. The zero-order valence-electron chi connectivity index (χ0n) is 23.3. The van der Waals surface area contributed by atoms with Gasteiger partial charge in [0.05, 0.1) is 12.2 Å². The molecule has 0 aliphatic heterocycles. The van der Waals surface area contributed by atoms with E-state index in [4.69, 9.17) is 9.15 Å². The third kappa shape index (κ3) is 5.77. The van der Waals surface area contributed by atoms with Crippen LogP contribution in [-0.4, -0.2) is 17.7 Å². The number of nitrogens with one attached hydrogen (secondary N) is 1. The summed E-state index contributed by atoms with van der Waals surface area (Å²) >= 11 is 0. The van der Waals surface area contributed by atoms with Crippen molar-refractivity contribution in [3.63, 3.8) is 0 Å². The maximum atomic E-state index is 11.4. The summed E-state index contributed by atoms with van der Waals surface area (Å²) in [5, 5.41) is 16.2. The first kappa shape index (κ1) is 26.9. The summed E-state index contributed by atoms with van der Waals surface area (Å²) in [4.78, 5) is 11.4. The van der Waals surface area contributed by atoms with Crippen LogP contribution in [0.25, 0.3) is 33.1 Å². The quantitative estimate of drug-likeness (QED) is 0.177. The molecule has 0 amide bonds. The van der Waals surface area contributed by atoms with Crippen LogP contribution in [0.15, 0.2) is 132 Å². The van der Waals surface area contributed by atoms with Gasteiger partial charge < -0.3 is 19.6 Å². The maximum Gasteiger partial charge on any atom is 0.335 e. The van der Waals surface area contributed by atoms with Crippen molar-refractivity contribution in [3.05, 3.63) is 144 Å². The van der Waals surface area contributed by atoms with Crippen molar-refractivity contribution >= 4 is 33.4 Å². The largest absolute Gasteiger partial charge is 0.494 e. The lowest BCUT2D eigenvalue weighted by molar-refractivity contribution is 0.0697. The zero-order valence-corrected chi connectivity index (χ0v) is 23.3. The molecule has 0 bridgehead atoms. The van der Waals surface area contributed by atoms with Crippen LogP contribution in [-0.2, 0) is 6.42 Å². The number of hydrogen-bond acceptors (Lipinski definition) is 4. The standard InChI is InChI=1S/C37H31NO4/c1-3-41-33-19-16-28-21-30(13-12-29(28)22-33)34(20-25-8-10-27(11-9-25)37(39)40)24(2)38-32-17-14-26(15-18-32)36-23-31-6-4-5-7-35(31)42-36/h4-19,21-23,34,38H,2-3,20H2,1H3,(H,39,40). The second kappa shape index (κ2) is 11.7. The number of fused-ring (bicyclic) bond motifs is 2. The highest BCUT2D eigenvalue weighted by Crippen LogP contribution is 2.33. The number of para-hydroxylation sites is 1. The lowest BCUT2D eigenvalue weighted by Gasteiger charge is -2.23. The van der Waals surface area contributed by atoms with Crippen molar-refractivity contribution in [2.24, 2.45) is 0 Å². The molecule has 6 aromatic rings. The lowest BCUT2D eigenvalue weighted by atomic mass is 9.88. The highest BCUT2D eigenvalue weighted by atomic mass is 16.5. The van der Waals surface area contributed by atoms with E-state index in [1.165, 1.54) is 0 Å². The fraction of sp³-hybridized carbons (Fsp3) is 0.108. The average molecular weight is 554 g/mol. The summed E-state index contributed by atoms with van der Waals surface area (Å²) in [5.74, 6) is 0.681. The Balaban J connectivity index is 1.27. The van der Waals surface area contributed by atoms with Crippen LogP contribution >= 0.6 is 0 Å². The Hall–Kier alpha value is -5.29. The SMILES string of the molecule is C=C(Nc1ccc(-c2cc3ccccc3o2)cc1)C(Cc1ccc(C(=O)O)cc1)c1ccc2cc(OCC)ccc2c1. The summed E-state index contributed by atoms with van der Waals surface area (Å²) < 4.78 is 11.7. The number of rotatable bonds is 10. The molecule has 1 atom stereocenters. The van der Waals surface area contributed by atoms with Crippen LogP contribution in [0.4, 0.5) is 5.69 Å². The van der Waals surface area contributed by atoms with Crippen LogP contribution in [0.1, 0.15) is 34.3 Å². The Labute approximate surface area is 244 Å². The van der Waals surface area contributed by atoms with Gasteiger partial charge in [0.15, 0.2) is 0 Å². The Kier molecular flexibility index (Phi) is 7.48. The van der Waals surface area contributed by atoms with Gasteiger partial charge in [0.1, 0.15) is 17.1 Å². The summed E-state index contributed by atoms with van der Waals surface area (Å²) in [6.07, 6.45) is 0.658. The number of carboxylic acid groups (broad SMARTS) is 1. The number of hydrogen-bond donors (Lipinski definition) is 2. The molecule has 0 fully saturated rings. The Morgan fingerprint density at radius 3 is 2.33 bits per heavy atom. The summed E-state index contributed by atoms with van der Waals surface area (Å²) in [7, 11) is 0. The highest BCUT2D eigenvalue weighted by molar-refractivity contribution is 5.87. The Morgan fingerprint density at radius 1 is 0.857 bits per heavy atom. The summed E-state index contributed by atoms with van der Waals surface area (Å²) in [6, 6.07) is 37.8. The molecule has 0 spiro atoms. The van der Waals surface area contributed by atoms with Gasteiger partial charge in [-0.25, -0.2) is 4.79 Å². The van der Waals surface area contributed by atoms with Crippen LogP contribution in [0.2, 0.25) is 0 Å². The minimum absolute atomic E-state index is 0.0632. The van der Waals surface area contributed by atoms with E-state index in [1.54, 1.807) is 12.1 Å². The molecule has 208 valence electrons. The van der Waals surface area contributed by atoms with Crippen molar-refractivity contribution in [1.82, 2.24) is 0 Å². The number of ether oxygens (including phenoxy) is 1. The van der Waals surface area contributed by atoms with Gasteiger partial charge in [-0.3, -0.25) is 0 Å². The normalized spacial score (nSPS) is 11.8. The van der Waals surface area contributed by atoms with E-state index < -0.39 is 5.97 Å². The average Bonchev–Trinajstić information content (AvgIpc) is 3.45. The van der Waals surface area contributed by atoms with E-state index in [0.29, 0.717) is 13.0 Å². The van der Waals surface area contributed by atoms with Crippen molar-refractivity contribution in [2.45, 2.75) is 19.3 Å². The molecule has 0 aliphatic rings. The third-order valence-corrected chi connectivity index (χ3v) is 7.51. The number of aromatic carboxylic acids is 1. The molecule has 1 aromatic heterocycles. The first-order valence-electron chi connectivity index (χ1n) is 14.0. The van der Waals surface area contributed by atoms with Crippen LogP contribution < -0.4 is 10.1 Å². The minimum atomic E-state index is -0.934. The highest BCUT2D eigenvalue weighted by Gasteiger charge is 2.18. The third-order valence-electron chi connectivity index (χ3n) is 7.51. The van der Waals surface area contributed by atoms with Gasteiger partial charge in [0.2, 0.25) is 0 Å². The Bertz CT molecular complexity index is 1850. The molecular formula is C37H31NO4. The molecule has 1 heterocycles. The molecule has 6 rings (SSSR count). The number of allylic oxidation sites excluding steroid dienone is 1. The summed E-state index contributed by atoms with van der Waals surface area (Å²) in [6.45, 7) is 7.05. The van der Waals surface area contributed by atoms with Crippen molar-refractivity contribution in [3.8, 4) is 17.1 Å². The van der Waals surface area contributed by atoms with Gasteiger partial charge in [-0.1, -0.05) is 61.2 Å². The topological polar surface area (TPSA) is 71.7 Å². The molecule has 5 heteroatoms. The molecule has 2 N–H and O–H groups in total. The van der Waals surface area contributed by atoms with Crippen LogP contribution in [0.3, 0.4) is 0 Å². The number of carbonyl (C=O) groups is 1. The molecule has 0 saturated heterocycles. The molecule has 42 heavy (non-hydrogen) atoms. The van der Waals surface area contributed by atoms with Gasteiger partial charge in [-0.2, -0.15) is 0 Å². The van der Waals surface area contributed by atoms with E-state index in [0.717, 1.165) is 61.3 Å². The van der Waals surface area contributed by atoms with Crippen LogP contribution in [0.5, 0.6) is 5.75 Å². The Morgan fingerprint density at radius 2 is 1.60 bits per heavy atom.